The van der Waals surface area contributed by atoms with Crippen LogP contribution >= 0.6 is 0 Å². The normalized spacial score (nSPS) is 15.8. The monoisotopic (exact) mass is 264 g/mol. The number of pyridine rings is 1. The van der Waals surface area contributed by atoms with Gasteiger partial charge in [-0.3, -0.25) is 9.69 Å². The molecule has 2 heterocycles. The van der Waals surface area contributed by atoms with Gasteiger partial charge in [0.1, 0.15) is 0 Å². The Morgan fingerprint density at radius 2 is 2.16 bits per heavy atom. The molecule has 1 aliphatic rings. The lowest BCUT2D eigenvalue weighted by Gasteiger charge is -2.30. The lowest BCUT2D eigenvalue weighted by Crippen LogP contribution is -2.37. The van der Waals surface area contributed by atoms with E-state index in [2.05, 4.69) is 25.7 Å². The van der Waals surface area contributed by atoms with Crippen LogP contribution in [0.4, 0.5) is 0 Å². The first-order valence-corrected chi connectivity index (χ1v) is 7.14. The lowest BCUT2D eigenvalue weighted by atomic mass is 10.0. The molecule has 1 aromatic rings. The van der Waals surface area contributed by atoms with E-state index in [0.29, 0.717) is 11.5 Å². The predicted molar refractivity (Wildman–Crippen MR) is 76.1 cm³/mol. The summed E-state index contributed by atoms with van der Waals surface area (Å²) in [5, 5.41) is 9.37. The summed E-state index contributed by atoms with van der Waals surface area (Å²) in [6, 6.07) is 1.90. The van der Waals surface area contributed by atoms with Crippen molar-refractivity contribution in [1.29, 1.82) is 0 Å². The number of rotatable bonds is 4. The van der Waals surface area contributed by atoms with Gasteiger partial charge in [-0.2, -0.15) is 0 Å². The van der Waals surface area contributed by atoms with Crippen molar-refractivity contribution in [2.75, 3.05) is 13.1 Å². The molecule has 0 unspecified atom stereocenters. The minimum Gasteiger partial charge on any atom is -0.391 e. The summed E-state index contributed by atoms with van der Waals surface area (Å²) in [7, 11) is 0. The molecule has 1 N–H and O–H groups in total. The van der Waals surface area contributed by atoms with Crippen LogP contribution in [0.2, 0.25) is 0 Å². The number of aliphatic hydroxyl groups excluding tert-OH is 1. The number of nitrogens with zero attached hydrogens (tertiary/aromatic N) is 2. The lowest BCUT2D eigenvalue weighted by molar-refractivity contribution is 0.255. The third kappa shape index (κ3) is 2.90. The molecule has 0 aliphatic carbocycles. The molecule has 106 valence electrons. The van der Waals surface area contributed by atoms with Gasteiger partial charge in [0, 0.05) is 37.3 Å². The van der Waals surface area contributed by atoms with Crippen molar-refractivity contribution < 1.29 is 5.11 Å². The highest BCUT2D eigenvalue weighted by Crippen LogP contribution is 2.19. The fourth-order valence-corrected chi connectivity index (χ4v) is 2.78. The number of aliphatic hydroxyl groups is 1. The molecule has 0 fully saturated rings. The quantitative estimate of drug-likeness (QED) is 0.893. The molecule has 4 heteroatoms. The molecule has 0 saturated heterocycles. The van der Waals surface area contributed by atoms with Crippen molar-refractivity contribution in [3.63, 3.8) is 0 Å². The Kier molecular flexibility index (Phi) is 4.42. The SMILES string of the molecule is CCN1CCc2c(cc(CO)c(=O)n2CC(C)C)C1. The van der Waals surface area contributed by atoms with Crippen LogP contribution in [0.3, 0.4) is 0 Å². The van der Waals surface area contributed by atoms with Gasteiger partial charge in [0.15, 0.2) is 0 Å². The zero-order valence-corrected chi connectivity index (χ0v) is 12.1. The average molecular weight is 264 g/mol. The Hall–Kier alpha value is -1.13. The fourth-order valence-electron chi connectivity index (χ4n) is 2.78. The molecule has 0 saturated carbocycles. The maximum Gasteiger partial charge on any atom is 0.256 e. The Morgan fingerprint density at radius 3 is 2.74 bits per heavy atom. The highest BCUT2D eigenvalue weighted by atomic mass is 16.3. The van der Waals surface area contributed by atoms with Gasteiger partial charge in [0.25, 0.3) is 5.56 Å². The van der Waals surface area contributed by atoms with Crippen molar-refractivity contribution in [3.05, 3.63) is 33.2 Å². The molecule has 0 atom stereocenters. The summed E-state index contributed by atoms with van der Waals surface area (Å²) in [4.78, 5) is 14.7. The van der Waals surface area contributed by atoms with Crippen LogP contribution in [0.1, 0.15) is 37.6 Å². The number of aromatic nitrogens is 1. The van der Waals surface area contributed by atoms with Gasteiger partial charge in [-0.25, -0.2) is 0 Å². The standard InChI is InChI=1S/C15H24N2O2/c1-4-16-6-5-14-12(9-16)7-13(10-18)15(19)17(14)8-11(2)3/h7,11,18H,4-6,8-10H2,1-3H3. The zero-order valence-electron chi connectivity index (χ0n) is 12.1. The van der Waals surface area contributed by atoms with Crippen LogP contribution in [-0.2, 0) is 26.1 Å². The van der Waals surface area contributed by atoms with Crippen LogP contribution in [0.15, 0.2) is 10.9 Å². The van der Waals surface area contributed by atoms with E-state index in [1.54, 1.807) is 0 Å². The second-order valence-electron chi connectivity index (χ2n) is 5.73. The minimum absolute atomic E-state index is 0.0140. The van der Waals surface area contributed by atoms with Crippen molar-refractivity contribution in [3.8, 4) is 0 Å². The topological polar surface area (TPSA) is 45.5 Å². The zero-order chi connectivity index (χ0) is 14.0. The number of hydrogen-bond donors (Lipinski definition) is 1. The van der Waals surface area contributed by atoms with Crippen LogP contribution < -0.4 is 5.56 Å². The molecular formula is C15H24N2O2. The average Bonchev–Trinajstić information content (AvgIpc) is 2.40. The van der Waals surface area contributed by atoms with Gasteiger partial charge in [0.2, 0.25) is 0 Å². The van der Waals surface area contributed by atoms with Crippen molar-refractivity contribution in [1.82, 2.24) is 9.47 Å². The Morgan fingerprint density at radius 1 is 1.42 bits per heavy atom. The van der Waals surface area contributed by atoms with Crippen LogP contribution in [-0.4, -0.2) is 27.7 Å². The molecular weight excluding hydrogens is 240 g/mol. The van der Waals surface area contributed by atoms with Crippen molar-refractivity contribution in [2.24, 2.45) is 5.92 Å². The highest BCUT2D eigenvalue weighted by Gasteiger charge is 2.21. The smallest absolute Gasteiger partial charge is 0.256 e. The number of likely N-dealkylation sites (N-methyl/N-ethyl adjacent to an activating group) is 1. The van der Waals surface area contributed by atoms with Crippen LogP contribution in [0, 0.1) is 5.92 Å². The molecule has 2 rings (SSSR count). The Labute approximate surface area is 114 Å². The largest absolute Gasteiger partial charge is 0.391 e. The Bertz CT molecular complexity index is 506. The summed E-state index contributed by atoms with van der Waals surface area (Å²) in [5.41, 5.74) is 2.88. The summed E-state index contributed by atoms with van der Waals surface area (Å²) in [6.07, 6.45) is 0.927. The summed E-state index contributed by atoms with van der Waals surface area (Å²) in [6.45, 7) is 9.88. The van der Waals surface area contributed by atoms with Crippen LogP contribution in [0.5, 0.6) is 0 Å². The molecule has 1 aliphatic heterocycles. The van der Waals surface area contributed by atoms with Crippen molar-refractivity contribution >= 4 is 0 Å². The van der Waals surface area contributed by atoms with Gasteiger partial charge in [-0.05, 0) is 24.1 Å². The van der Waals surface area contributed by atoms with Gasteiger partial charge >= 0.3 is 0 Å². The van der Waals surface area contributed by atoms with Crippen LogP contribution in [0.25, 0.3) is 0 Å². The minimum atomic E-state index is -0.170. The second-order valence-corrected chi connectivity index (χ2v) is 5.73. The predicted octanol–water partition coefficient (Wildman–Crippen LogP) is 1.37. The van der Waals surface area contributed by atoms with Gasteiger partial charge in [0.05, 0.1) is 6.61 Å². The van der Waals surface area contributed by atoms with E-state index in [0.717, 1.165) is 32.6 Å². The van der Waals surface area contributed by atoms with E-state index >= 15 is 0 Å². The highest BCUT2D eigenvalue weighted by molar-refractivity contribution is 5.28. The van der Waals surface area contributed by atoms with Gasteiger partial charge in [-0.15, -0.1) is 0 Å². The fraction of sp³-hybridized carbons (Fsp3) is 0.667. The molecule has 4 nitrogen and oxygen atoms in total. The van der Waals surface area contributed by atoms with E-state index in [1.807, 2.05) is 10.6 Å². The van der Waals surface area contributed by atoms with Gasteiger partial charge < -0.3 is 9.67 Å². The third-order valence-electron chi connectivity index (χ3n) is 3.79. The number of fused-ring (bicyclic) bond motifs is 1. The molecule has 0 spiro atoms. The van der Waals surface area contributed by atoms with E-state index < -0.39 is 0 Å². The van der Waals surface area contributed by atoms with E-state index in [9.17, 15) is 9.90 Å². The molecule has 0 radical (unpaired) electrons. The number of hydrogen-bond acceptors (Lipinski definition) is 3. The van der Waals surface area contributed by atoms with Gasteiger partial charge in [-0.1, -0.05) is 20.8 Å². The van der Waals surface area contributed by atoms with E-state index in [-0.39, 0.29) is 12.2 Å². The summed E-state index contributed by atoms with van der Waals surface area (Å²) in [5.74, 6) is 0.431. The molecule has 0 aromatic carbocycles. The molecule has 1 aromatic heterocycles. The maximum atomic E-state index is 12.3. The summed E-state index contributed by atoms with van der Waals surface area (Å²) >= 11 is 0. The molecule has 0 bridgehead atoms. The first kappa shape index (κ1) is 14.3. The van der Waals surface area contributed by atoms with Crippen molar-refractivity contribution in [2.45, 2.75) is 46.9 Å². The maximum absolute atomic E-state index is 12.3. The first-order valence-electron chi connectivity index (χ1n) is 7.14. The van der Waals surface area contributed by atoms with E-state index in [4.69, 9.17) is 0 Å². The second kappa shape index (κ2) is 5.88. The Balaban J connectivity index is 2.49. The summed E-state index contributed by atoms with van der Waals surface area (Å²) < 4.78 is 1.89. The third-order valence-corrected chi connectivity index (χ3v) is 3.79. The van der Waals surface area contributed by atoms with E-state index in [1.165, 1.54) is 11.3 Å². The first-order chi connectivity index (χ1) is 9.06. The molecule has 19 heavy (non-hydrogen) atoms. The molecule has 0 amide bonds.